The molecular weight excluding hydrogens is 155 g/mol. The molecule has 0 bridgehead atoms. The molecule has 1 fully saturated rings. The lowest BCUT2D eigenvalue weighted by Crippen LogP contribution is -2.24. The molecule has 1 rings (SSSR count). The average molecular weight is 174 g/mol. The van der Waals surface area contributed by atoms with Gasteiger partial charge in [0.25, 0.3) is 0 Å². The Morgan fingerprint density at radius 2 is 1.75 bits per heavy atom. The summed E-state index contributed by atoms with van der Waals surface area (Å²) in [4.78, 5) is 0. The smallest absolute Gasteiger partial charge is 0.129 e. The van der Waals surface area contributed by atoms with Crippen LogP contribution >= 0.6 is 0 Å². The predicted octanol–water partition coefficient (Wildman–Crippen LogP) is 2.79. The summed E-state index contributed by atoms with van der Waals surface area (Å²) in [6.07, 6.45) is -0.206. The maximum atomic E-state index is 13.3. The molecule has 0 aromatic rings. The van der Waals surface area contributed by atoms with Gasteiger partial charge in [-0.15, -0.1) is 0 Å². The molecule has 0 saturated carbocycles. The highest BCUT2D eigenvalue weighted by Crippen LogP contribution is 2.31. The lowest BCUT2D eigenvalue weighted by Gasteiger charge is -2.18. The Morgan fingerprint density at radius 3 is 2.00 bits per heavy atom. The molecule has 1 aliphatic heterocycles. The van der Waals surface area contributed by atoms with Crippen molar-refractivity contribution < 1.29 is 9.13 Å². The standard InChI is InChI=1S/C10H19FO/c1-6(2)9-5-8(11)10(12-9)7(3)4/h6-10H,5H2,1-4H3. The molecule has 3 atom stereocenters. The van der Waals surface area contributed by atoms with E-state index in [1.807, 2.05) is 13.8 Å². The molecule has 0 spiro atoms. The van der Waals surface area contributed by atoms with Crippen LogP contribution in [0.2, 0.25) is 0 Å². The van der Waals surface area contributed by atoms with Crippen LogP contribution in [0, 0.1) is 11.8 Å². The zero-order valence-electron chi connectivity index (χ0n) is 8.38. The maximum Gasteiger partial charge on any atom is 0.129 e. The van der Waals surface area contributed by atoms with Crippen molar-refractivity contribution in [2.45, 2.75) is 52.5 Å². The summed E-state index contributed by atoms with van der Waals surface area (Å²) in [5.41, 5.74) is 0. The molecule has 0 amide bonds. The summed E-state index contributed by atoms with van der Waals surface area (Å²) in [7, 11) is 0. The zero-order valence-corrected chi connectivity index (χ0v) is 8.38. The molecule has 2 heteroatoms. The van der Waals surface area contributed by atoms with Crippen LogP contribution in [-0.4, -0.2) is 18.4 Å². The Bertz CT molecular complexity index is 145. The molecule has 1 heterocycles. The second kappa shape index (κ2) is 3.73. The summed E-state index contributed by atoms with van der Waals surface area (Å²) < 4.78 is 18.9. The van der Waals surface area contributed by atoms with Gasteiger partial charge in [-0.25, -0.2) is 4.39 Å². The van der Waals surface area contributed by atoms with E-state index in [0.717, 1.165) is 0 Å². The molecule has 1 nitrogen and oxygen atoms in total. The van der Waals surface area contributed by atoms with Gasteiger partial charge in [0.15, 0.2) is 0 Å². The van der Waals surface area contributed by atoms with E-state index >= 15 is 0 Å². The molecule has 0 aliphatic carbocycles. The van der Waals surface area contributed by atoms with Crippen molar-refractivity contribution in [3.05, 3.63) is 0 Å². The van der Waals surface area contributed by atoms with E-state index in [-0.39, 0.29) is 12.2 Å². The van der Waals surface area contributed by atoms with Gasteiger partial charge in [0.1, 0.15) is 6.17 Å². The lowest BCUT2D eigenvalue weighted by molar-refractivity contribution is -0.0160. The minimum atomic E-state index is -0.752. The third kappa shape index (κ3) is 1.98. The molecule has 0 aromatic heterocycles. The topological polar surface area (TPSA) is 9.23 Å². The van der Waals surface area contributed by atoms with E-state index in [0.29, 0.717) is 18.3 Å². The second-order valence-electron chi connectivity index (χ2n) is 4.38. The minimum absolute atomic E-state index is 0.132. The first-order valence-electron chi connectivity index (χ1n) is 4.82. The Hall–Kier alpha value is -0.110. The van der Waals surface area contributed by atoms with Gasteiger partial charge in [-0.3, -0.25) is 0 Å². The van der Waals surface area contributed by atoms with Crippen LogP contribution in [0.4, 0.5) is 4.39 Å². The molecule has 12 heavy (non-hydrogen) atoms. The van der Waals surface area contributed by atoms with Crippen molar-refractivity contribution in [3.63, 3.8) is 0 Å². The van der Waals surface area contributed by atoms with Crippen LogP contribution < -0.4 is 0 Å². The number of rotatable bonds is 2. The second-order valence-corrected chi connectivity index (χ2v) is 4.38. The molecular formula is C10H19FO. The van der Waals surface area contributed by atoms with Crippen molar-refractivity contribution in [3.8, 4) is 0 Å². The van der Waals surface area contributed by atoms with E-state index in [4.69, 9.17) is 4.74 Å². The van der Waals surface area contributed by atoms with Gasteiger partial charge in [-0.05, 0) is 11.8 Å². The summed E-state index contributed by atoms with van der Waals surface area (Å²) in [6, 6.07) is 0. The summed E-state index contributed by atoms with van der Waals surface area (Å²) >= 11 is 0. The fraction of sp³-hybridized carbons (Fsp3) is 1.00. The van der Waals surface area contributed by atoms with Gasteiger partial charge in [0.05, 0.1) is 12.2 Å². The van der Waals surface area contributed by atoms with E-state index in [2.05, 4.69) is 13.8 Å². The van der Waals surface area contributed by atoms with Crippen LogP contribution in [0.1, 0.15) is 34.1 Å². The van der Waals surface area contributed by atoms with Crippen molar-refractivity contribution in [1.82, 2.24) is 0 Å². The number of hydrogen-bond donors (Lipinski definition) is 0. The quantitative estimate of drug-likeness (QED) is 0.625. The molecule has 3 unspecified atom stereocenters. The first-order chi connectivity index (χ1) is 5.52. The van der Waals surface area contributed by atoms with Gasteiger partial charge in [0, 0.05) is 6.42 Å². The van der Waals surface area contributed by atoms with E-state index in [1.54, 1.807) is 0 Å². The Kier molecular flexibility index (Phi) is 3.10. The monoisotopic (exact) mass is 174 g/mol. The third-order valence-electron chi connectivity index (χ3n) is 2.55. The van der Waals surface area contributed by atoms with Crippen LogP contribution in [0.5, 0.6) is 0 Å². The van der Waals surface area contributed by atoms with Crippen molar-refractivity contribution in [2.24, 2.45) is 11.8 Å². The van der Waals surface area contributed by atoms with Gasteiger partial charge < -0.3 is 4.74 Å². The predicted molar refractivity (Wildman–Crippen MR) is 47.9 cm³/mol. The highest BCUT2D eigenvalue weighted by atomic mass is 19.1. The van der Waals surface area contributed by atoms with Gasteiger partial charge in [-0.1, -0.05) is 27.7 Å². The molecule has 1 saturated heterocycles. The van der Waals surface area contributed by atoms with Crippen LogP contribution in [0.3, 0.4) is 0 Å². The van der Waals surface area contributed by atoms with Crippen LogP contribution in [0.25, 0.3) is 0 Å². The zero-order chi connectivity index (χ0) is 9.30. The average Bonchev–Trinajstić information content (AvgIpc) is 2.30. The van der Waals surface area contributed by atoms with Gasteiger partial charge >= 0.3 is 0 Å². The Balaban J connectivity index is 2.50. The molecule has 0 N–H and O–H groups in total. The van der Waals surface area contributed by atoms with Crippen LogP contribution in [-0.2, 0) is 4.74 Å². The van der Waals surface area contributed by atoms with Crippen molar-refractivity contribution >= 4 is 0 Å². The van der Waals surface area contributed by atoms with Gasteiger partial charge in [0.2, 0.25) is 0 Å². The normalized spacial score (nSPS) is 36.8. The number of halogens is 1. The first kappa shape index (κ1) is 9.97. The highest BCUT2D eigenvalue weighted by molar-refractivity contribution is 4.85. The van der Waals surface area contributed by atoms with E-state index in [1.165, 1.54) is 0 Å². The Morgan fingerprint density at radius 1 is 1.17 bits per heavy atom. The largest absolute Gasteiger partial charge is 0.371 e. The van der Waals surface area contributed by atoms with Gasteiger partial charge in [-0.2, -0.15) is 0 Å². The SMILES string of the molecule is CC(C)C1CC(F)C(C(C)C)O1. The van der Waals surface area contributed by atoms with Crippen molar-refractivity contribution in [1.29, 1.82) is 0 Å². The maximum absolute atomic E-state index is 13.3. The lowest BCUT2D eigenvalue weighted by atomic mass is 9.99. The summed E-state index contributed by atoms with van der Waals surface area (Å²) in [6.45, 7) is 8.19. The first-order valence-corrected chi connectivity index (χ1v) is 4.82. The molecule has 0 aromatic carbocycles. The molecule has 0 radical (unpaired) electrons. The number of ether oxygens (including phenoxy) is 1. The third-order valence-corrected chi connectivity index (χ3v) is 2.55. The van der Waals surface area contributed by atoms with Crippen molar-refractivity contribution in [2.75, 3.05) is 0 Å². The van der Waals surface area contributed by atoms with Crippen LogP contribution in [0.15, 0.2) is 0 Å². The van der Waals surface area contributed by atoms with E-state index < -0.39 is 6.17 Å². The summed E-state index contributed by atoms with van der Waals surface area (Å²) in [5, 5.41) is 0. The fourth-order valence-electron chi connectivity index (χ4n) is 1.70. The molecule has 1 aliphatic rings. The fourth-order valence-corrected chi connectivity index (χ4v) is 1.70. The number of hydrogen-bond acceptors (Lipinski definition) is 1. The summed E-state index contributed by atoms with van der Waals surface area (Å²) in [5.74, 6) is 0.732. The van der Waals surface area contributed by atoms with E-state index in [9.17, 15) is 4.39 Å². The molecule has 72 valence electrons. The highest BCUT2D eigenvalue weighted by Gasteiger charge is 2.38. The Labute approximate surface area is 74.3 Å². The number of alkyl halides is 1. The minimum Gasteiger partial charge on any atom is -0.371 e.